The smallest absolute Gasteiger partial charge is 0.255 e. The highest BCUT2D eigenvalue weighted by atomic mass is 16.2. The summed E-state index contributed by atoms with van der Waals surface area (Å²) in [5.41, 5.74) is 1.08. The zero-order valence-electron chi connectivity index (χ0n) is 13.7. The fraction of sp³-hybridized carbons (Fsp3) is 0.0500. The molecule has 0 saturated heterocycles. The van der Waals surface area contributed by atoms with Gasteiger partial charge in [-0.2, -0.15) is 0 Å². The normalized spacial score (nSPS) is 10.9. The van der Waals surface area contributed by atoms with Crippen LogP contribution < -0.4 is 16.4 Å². The maximum Gasteiger partial charge on any atom is 0.255 e. The van der Waals surface area contributed by atoms with E-state index in [1.165, 1.54) is 6.20 Å². The van der Waals surface area contributed by atoms with E-state index in [0.717, 1.165) is 10.9 Å². The zero-order chi connectivity index (χ0) is 18.1. The van der Waals surface area contributed by atoms with E-state index in [0.29, 0.717) is 21.9 Å². The van der Waals surface area contributed by atoms with E-state index in [-0.39, 0.29) is 23.6 Å². The Hall–Kier alpha value is -3.67. The first-order chi connectivity index (χ1) is 12.6. The van der Waals surface area contributed by atoms with Gasteiger partial charge in [0.25, 0.3) is 17.0 Å². The summed E-state index contributed by atoms with van der Waals surface area (Å²) in [6, 6.07) is 16.1. The Morgan fingerprint density at radius 2 is 1.65 bits per heavy atom. The predicted octanol–water partition coefficient (Wildman–Crippen LogP) is 2.30. The number of para-hydroxylation sites is 1. The summed E-state index contributed by atoms with van der Waals surface area (Å²) in [5, 5.41) is 4.66. The topological polar surface area (TPSA) is 94.8 Å². The van der Waals surface area contributed by atoms with Crippen LogP contribution in [0.3, 0.4) is 0 Å². The van der Waals surface area contributed by atoms with Crippen LogP contribution in [-0.2, 0) is 6.54 Å². The number of H-pyrrole nitrogens is 2. The van der Waals surface area contributed by atoms with Crippen molar-refractivity contribution in [3.8, 4) is 0 Å². The number of hydrogen-bond acceptors (Lipinski definition) is 3. The molecule has 0 spiro atoms. The number of carbonyl (C=O) groups excluding carboxylic acids is 1. The number of benzene rings is 2. The monoisotopic (exact) mass is 345 g/mol. The molecular formula is C20H15N3O3. The molecule has 1 amide bonds. The number of aromatic nitrogens is 2. The molecule has 0 fully saturated rings. The highest BCUT2D eigenvalue weighted by Crippen LogP contribution is 2.14. The van der Waals surface area contributed by atoms with Crippen LogP contribution >= 0.6 is 0 Å². The van der Waals surface area contributed by atoms with Gasteiger partial charge in [0.05, 0.1) is 5.56 Å². The summed E-state index contributed by atoms with van der Waals surface area (Å²) in [5.74, 6) is -0.356. The summed E-state index contributed by atoms with van der Waals surface area (Å²) < 4.78 is 0. The minimum Gasteiger partial charge on any atom is -0.348 e. The summed E-state index contributed by atoms with van der Waals surface area (Å²) >= 11 is 0. The molecule has 4 rings (SSSR count). The highest BCUT2D eigenvalue weighted by Gasteiger charge is 2.12. The lowest BCUT2D eigenvalue weighted by atomic mass is 10.1. The molecule has 6 nitrogen and oxygen atoms in total. The molecular weight excluding hydrogens is 330 g/mol. The van der Waals surface area contributed by atoms with E-state index in [4.69, 9.17) is 0 Å². The summed E-state index contributed by atoms with van der Waals surface area (Å²) in [7, 11) is 0. The zero-order valence-corrected chi connectivity index (χ0v) is 13.7. The molecule has 128 valence electrons. The number of aromatic amines is 2. The Kier molecular flexibility index (Phi) is 3.85. The number of amides is 1. The molecule has 0 bridgehead atoms. The van der Waals surface area contributed by atoms with Gasteiger partial charge in [-0.05, 0) is 23.6 Å². The van der Waals surface area contributed by atoms with Gasteiger partial charge < -0.3 is 15.3 Å². The molecule has 4 aromatic rings. The second-order valence-corrected chi connectivity index (χ2v) is 5.97. The van der Waals surface area contributed by atoms with Gasteiger partial charge in [-0.15, -0.1) is 0 Å². The standard InChI is InChI=1S/C20H15N3O3/c24-18-13(9-12-5-1-4-8-17(12)23-18)10-21-20(26)16-11-22-19(25)15-7-3-2-6-14(15)16/h1-9,11H,10H2,(H,21,26)(H,22,25)(H,23,24). The Bertz CT molecular complexity index is 1250. The van der Waals surface area contributed by atoms with Crippen molar-refractivity contribution in [2.45, 2.75) is 6.54 Å². The third kappa shape index (κ3) is 2.77. The lowest BCUT2D eigenvalue weighted by Crippen LogP contribution is -2.27. The molecule has 2 aromatic heterocycles. The molecule has 2 aromatic carbocycles. The van der Waals surface area contributed by atoms with Crippen LogP contribution in [0, 0.1) is 0 Å². The SMILES string of the molecule is O=C(NCc1cc2ccccc2[nH]c1=O)c1c[nH]c(=O)c2ccccc12. The van der Waals surface area contributed by atoms with Crippen LogP contribution in [-0.4, -0.2) is 15.9 Å². The van der Waals surface area contributed by atoms with Gasteiger partial charge in [0.2, 0.25) is 0 Å². The van der Waals surface area contributed by atoms with E-state index < -0.39 is 0 Å². The average molecular weight is 345 g/mol. The molecule has 0 saturated carbocycles. The van der Waals surface area contributed by atoms with Gasteiger partial charge >= 0.3 is 0 Å². The van der Waals surface area contributed by atoms with Crippen LogP contribution in [0.5, 0.6) is 0 Å². The van der Waals surface area contributed by atoms with Crippen molar-refractivity contribution in [3.05, 3.63) is 92.6 Å². The number of rotatable bonds is 3. The summed E-state index contributed by atoms with van der Waals surface area (Å²) in [4.78, 5) is 42.0. The van der Waals surface area contributed by atoms with E-state index in [1.54, 1.807) is 30.3 Å². The van der Waals surface area contributed by atoms with Crippen LogP contribution in [0.2, 0.25) is 0 Å². The first kappa shape index (κ1) is 15.8. The van der Waals surface area contributed by atoms with Gasteiger partial charge in [0, 0.05) is 34.6 Å². The van der Waals surface area contributed by atoms with E-state index in [2.05, 4.69) is 15.3 Å². The lowest BCUT2D eigenvalue weighted by molar-refractivity contribution is 0.0952. The Morgan fingerprint density at radius 1 is 0.923 bits per heavy atom. The van der Waals surface area contributed by atoms with Gasteiger partial charge in [0.15, 0.2) is 0 Å². The highest BCUT2D eigenvalue weighted by molar-refractivity contribution is 6.06. The van der Waals surface area contributed by atoms with Crippen LogP contribution in [0.1, 0.15) is 15.9 Å². The van der Waals surface area contributed by atoms with Gasteiger partial charge in [-0.25, -0.2) is 0 Å². The quantitative estimate of drug-likeness (QED) is 0.532. The maximum absolute atomic E-state index is 12.6. The molecule has 0 atom stereocenters. The minimum absolute atomic E-state index is 0.0897. The van der Waals surface area contributed by atoms with E-state index in [9.17, 15) is 14.4 Å². The number of pyridine rings is 2. The van der Waals surface area contributed by atoms with Crippen molar-refractivity contribution in [1.82, 2.24) is 15.3 Å². The van der Waals surface area contributed by atoms with Crippen LogP contribution in [0.25, 0.3) is 21.7 Å². The lowest BCUT2D eigenvalue weighted by Gasteiger charge is -2.08. The first-order valence-corrected chi connectivity index (χ1v) is 8.13. The van der Waals surface area contributed by atoms with Gasteiger partial charge in [-0.1, -0.05) is 36.4 Å². The summed E-state index contributed by atoms with van der Waals surface area (Å²) in [6.45, 7) is 0.0897. The first-order valence-electron chi connectivity index (χ1n) is 8.13. The molecule has 0 aliphatic carbocycles. The molecule has 0 aliphatic heterocycles. The Morgan fingerprint density at radius 3 is 2.50 bits per heavy atom. The largest absolute Gasteiger partial charge is 0.348 e. The number of fused-ring (bicyclic) bond motifs is 2. The van der Waals surface area contributed by atoms with Gasteiger partial charge in [-0.3, -0.25) is 14.4 Å². The predicted molar refractivity (Wildman–Crippen MR) is 100 cm³/mol. The average Bonchev–Trinajstić information content (AvgIpc) is 2.66. The fourth-order valence-corrected chi connectivity index (χ4v) is 2.99. The van der Waals surface area contributed by atoms with E-state index in [1.807, 2.05) is 24.3 Å². The molecule has 0 radical (unpaired) electrons. The third-order valence-corrected chi connectivity index (χ3v) is 4.32. The second kappa shape index (κ2) is 6.33. The molecule has 6 heteroatoms. The molecule has 3 N–H and O–H groups in total. The Balaban J connectivity index is 1.64. The van der Waals surface area contributed by atoms with Crippen molar-refractivity contribution in [2.75, 3.05) is 0 Å². The van der Waals surface area contributed by atoms with Crippen molar-refractivity contribution >= 4 is 27.6 Å². The van der Waals surface area contributed by atoms with Crippen molar-refractivity contribution in [2.24, 2.45) is 0 Å². The molecule has 2 heterocycles. The van der Waals surface area contributed by atoms with Crippen molar-refractivity contribution in [3.63, 3.8) is 0 Å². The minimum atomic E-state index is -0.356. The maximum atomic E-state index is 12.6. The molecule has 0 unspecified atom stereocenters. The van der Waals surface area contributed by atoms with Crippen molar-refractivity contribution < 1.29 is 4.79 Å². The third-order valence-electron chi connectivity index (χ3n) is 4.32. The van der Waals surface area contributed by atoms with Gasteiger partial charge in [0.1, 0.15) is 0 Å². The van der Waals surface area contributed by atoms with Crippen LogP contribution in [0.4, 0.5) is 0 Å². The van der Waals surface area contributed by atoms with E-state index >= 15 is 0 Å². The molecule has 0 aliphatic rings. The fourth-order valence-electron chi connectivity index (χ4n) is 2.99. The summed E-state index contributed by atoms with van der Waals surface area (Å²) in [6.07, 6.45) is 1.39. The van der Waals surface area contributed by atoms with Crippen molar-refractivity contribution in [1.29, 1.82) is 0 Å². The molecule has 26 heavy (non-hydrogen) atoms. The Labute approximate surface area is 147 Å². The number of hydrogen-bond donors (Lipinski definition) is 3. The second-order valence-electron chi connectivity index (χ2n) is 5.97. The number of nitrogens with one attached hydrogen (secondary N) is 3. The van der Waals surface area contributed by atoms with Crippen LogP contribution in [0.15, 0.2) is 70.4 Å². The number of carbonyl (C=O) groups is 1.